The van der Waals surface area contributed by atoms with E-state index in [1.54, 1.807) is 49.4 Å². The number of nitrogens with zero attached hydrogens (tertiary/aromatic N) is 3. The second-order valence-electron chi connectivity index (χ2n) is 6.14. The van der Waals surface area contributed by atoms with Crippen LogP contribution in [0, 0.1) is 6.92 Å². The number of oxazole rings is 1. The van der Waals surface area contributed by atoms with E-state index in [2.05, 4.69) is 20.4 Å². The maximum atomic E-state index is 12.5. The summed E-state index contributed by atoms with van der Waals surface area (Å²) >= 11 is 0. The summed E-state index contributed by atoms with van der Waals surface area (Å²) in [5, 5.41) is 6.63. The number of ether oxygens (including phenoxy) is 1. The minimum Gasteiger partial charge on any atom is -0.485 e. The molecule has 0 aliphatic rings. The van der Waals surface area contributed by atoms with Crippen molar-refractivity contribution in [1.29, 1.82) is 0 Å². The molecule has 2 aromatic heterocycles. The Hall–Kier alpha value is -3.68. The van der Waals surface area contributed by atoms with E-state index in [9.17, 15) is 4.79 Å². The Balaban J connectivity index is 1.40. The van der Waals surface area contributed by atoms with Crippen LogP contribution in [0.25, 0.3) is 11.1 Å². The number of rotatable bonds is 6. The molecule has 2 aromatic carbocycles. The molecule has 0 aliphatic heterocycles. The standard InChI is InChI=1S/C20H18N4O4/c1-3-19-23-16-10-14(6-9-17(16)27-19)22-20(25)13-4-7-15(8-5-13)26-11-18-21-12(2)28-24-18/h4-10H,3,11H2,1-2H3,(H,22,25). The number of nitrogens with one attached hydrogen (secondary N) is 1. The van der Waals surface area contributed by atoms with Gasteiger partial charge in [0, 0.05) is 24.6 Å². The van der Waals surface area contributed by atoms with Crippen LogP contribution in [-0.2, 0) is 13.0 Å². The van der Waals surface area contributed by atoms with Crippen molar-refractivity contribution < 1.29 is 18.5 Å². The monoisotopic (exact) mass is 378 g/mol. The van der Waals surface area contributed by atoms with E-state index >= 15 is 0 Å². The van der Waals surface area contributed by atoms with Crippen LogP contribution in [0.5, 0.6) is 5.75 Å². The molecule has 2 heterocycles. The lowest BCUT2D eigenvalue weighted by Crippen LogP contribution is -2.11. The highest BCUT2D eigenvalue weighted by molar-refractivity contribution is 6.04. The van der Waals surface area contributed by atoms with Gasteiger partial charge < -0.3 is 19.0 Å². The Bertz CT molecular complexity index is 1110. The van der Waals surface area contributed by atoms with Gasteiger partial charge in [0.15, 0.2) is 18.1 Å². The summed E-state index contributed by atoms with van der Waals surface area (Å²) in [6.07, 6.45) is 0.719. The second kappa shape index (κ2) is 7.51. The molecule has 0 fully saturated rings. The van der Waals surface area contributed by atoms with E-state index in [4.69, 9.17) is 13.7 Å². The van der Waals surface area contributed by atoms with Gasteiger partial charge in [-0.2, -0.15) is 4.98 Å². The lowest BCUT2D eigenvalue weighted by molar-refractivity contribution is 0.102. The molecule has 8 nitrogen and oxygen atoms in total. The molecule has 4 aromatic rings. The van der Waals surface area contributed by atoms with Gasteiger partial charge >= 0.3 is 0 Å². The summed E-state index contributed by atoms with van der Waals surface area (Å²) in [7, 11) is 0. The second-order valence-corrected chi connectivity index (χ2v) is 6.14. The maximum absolute atomic E-state index is 12.5. The minimum atomic E-state index is -0.223. The van der Waals surface area contributed by atoms with Gasteiger partial charge in [0.05, 0.1) is 0 Å². The van der Waals surface area contributed by atoms with E-state index in [0.717, 1.165) is 11.9 Å². The fourth-order valence-electron chi connectivity index (χ4n) is 2.66. The fraction of sp³-hybridized carbons (Fsp3) is 0.200. The third kappa shape index (κ3) is 3.85. The van der Waals surface area contributed by atoms with Crippen LogP contribution in [0.15, 0.2) is 51.4 Å². The van der Waals surface area contributed by atoms with Gasteiger partial charge in [-0.25, -0.2) is 4.98 Å². The third-order valence-electron chi connectivity index (χ3n) is 4.05. The molecule has 0 unspecified atom stereocenters. The molecule has 1 amide bonds. The smallest absolute Gasteiger partial charge is 0.255 e. The minimum absolute atomic E-state index is 0.195. The number of hydrogen-bond donors (Lipinski definition) is 1. The van der Waals surface area contributed by atoms with Crippen LogP contribution in [0.3, 0.4) is 0 Å². The average Bonchev–Trinajstić information content (AvgIpc) is 3.31. The van der Waals surface area contributed by atoms with Crippen molar-refractivity contribution >= 4 is 22.7 Å². The normalized spacial score (nSPS) is 10.9. The lowest BCUT2D eigenvalue weighted by atomic mass is 10.2. The quantitative estimate of drug-likeness (QED) is 0.542. The largest absolute Gasteiger partial charge is 0.485 e. The average molecular weight is 378 g/mol. The first kappa shape index (κ1) is 17.7. The third-order valence-corrected chi connectivity index (χ3v) is 4.05. The van der Waals surface area contributed by atoms with Gasteiger partial charge in [-0.05, 0) is 42.5 Å². The highest BCUT2D eigenvalue weighted by Gasteiger charge is 2.10. The number of benzene rings is 2. The number of hydrogen-bond acceptors (Lipinski definition) is 7. The SMILES string of the molecule is CCc1nc2cc(NC(=O)c3ccc(OCc4noc(C)n4)cc3)ccc2o1. The lowest BCUT2D eigenvalue weighted by Gasteiger charge is -2.07. The molecule has 142 valence electrons. The van der Waals surface area contributed by atoms with Crippen LogP contribution >= 0.6 is 0 Å². The number of fused-ring (bicyclic) bond motifs is 1. The Morgan fingerprint density at radius 2 is 1.96 bits per heavy atom. The number of anilines is 1. The molecular weight excluding hydrogens is 360 g/mol. The van der Waals surface area contributed by atoms with E-state index in [1.807, 2.05) is 6.92 Å². The van der Waals surface area contributed by atoms with Gasteiger partial charge in [-0.3, -0.25) is 4.79 Å². The molecule has 0 aliphatic carbocycles. The van der Waals surface area contributed by atoms with Crippen LogP contribution in [0.1, 0.15) is 34.9 Å². The number of aromatic nitrogens is 3. The Kier molecular flexibility index (Phi) is 4.76. The van der Waals surface area contributed by atoms with E-state index in [1.165, 1.54) is 0 Å². The summed E-state index contributed by atoms with van der Waals surface area (Å²) < 4.78 is 16.1. The van der Waals surface area contributed by atoms with Gasteiger partial charge in [-0.1, -0.05) is 12.1 Å². The van der Waals surface area contributed by atoms with Crippen LogP contribution in [0.2, 0.25) is 0 Å². The number of carbonyl (C=O) groups excluding carboxylic acids is 1. The molecule has 0 atom stereocenters. The predicted molar refractivity (Wildman–Crippen MR) is 101 cm³/mol. The van der Waals surface area contributed by atoms with Gasteiger partial charge in [0.25, 0.3) is 5.91 Å². The molecule has 4 rings (SSSR count). The summed E-state index contributed by atoms with van der Waals surface area (Å²) in [5.74, 6) is 2.01. The fourth-order valence-corrected chi connectivity index (χ4v) is 2.66. The maximum Gasteiger partial charge on any atom is 0.255 e. The van der Waals surface area contributed by atoms with Gasteiger partial charge in [0.1, 0.15) is 11.3 Å². The topological polar surface area (TPSA) is 103 Å². The van der Waals surface area contributed by atoms with Crippen molar-refractivity contribution in [3.05, 3.63) is 65.6 Å². The first-order valence-electron chi connectivity index (χ1n) is 8.83. The van der Waals surface area contributed by atoms with Gasteiger partial charge in [0.2, 0.25) is 11.7 Å². The zero-order valence-electron chi connectivity index (χ0n) is 15.4. The van der Waals surface area contributed by atoms with Crippen molar-refractivity contribution in [3.8, 4) is 5.75 Å². The molecule has 0 saturated carbocycles. The molecule has 0 radical (unpaired) electrons. The Labute approximate surface area is 160 Å². The molecule has 28 heavy (non-hydrogen) atoms. The Morgan fingerprint density at radius 1 is 1.14 bits per heavy atom. The molecule has 8 heteroatoms. The summed E-state index contributed by atoms with van der Waals surface area (Å²) in [5.41, 5.74) is 2.58. The van der Waals surface area contributed by atoms with Crippen molar-refractivity contribution in [2.75, 3.05) is 5.32 Å². The number of amides is 1. The first-order chi connectivity index (χ1) is 13.6. The zero-order chi connectivity index (χ0) is 19.5. The van der Waals surface area contributed by atoms with Crippen LogP contribution < -0.4 is 10.1 Å². The van der Waals surface area contributed by atoms with Crippen molar-refractivity contribution in [2.24, 2.45) is 0 Å². The van der Waals surface area contributed by atoms with Gasteiger partial charge in [-0.15, -0.1) is 0 Å². The summed E-state index contributed by atoms with van der Waals surface area (Å²) in [6, 6.07) is 12.2. The first-order valence-corrected chi connectivity index (χ1v) is 8.83. The van der Waals surface area contributed by atoms with Crippen molar-refractivity contribution in [1.82, 2.24) is 15.1 Å². The highest BCUT2D eigenvalue weighted by Crippen LogP contribution is 2.21. The van der Waals surface area contributed by atoms with E-state index < -0.39 is 0 Å². The number of aryl methyl sites for hydroxylation is 2. The van der Waals surface area contributed by atoms with E-state index in [0.29, 0.717) is 40.2 Å². The van der Waals surface area contributed by atoms with Crippen LogP contribution in [0.4, 0.5) is 5.69 Å². The Morgan fingerprint density at radius 3 is 2.68 bits per heavy atom. The summed E-state index contributed by atoms with van der Waals surface area (Å²) in [4.78, 5) is 20.9. The zero-order valence-corrected chi connectivity index (χ0v) is 15.4. The van der Waals surface area contributed by atoms with Crippen molar-refractivity contribution in [3.63, 3.8) is 0 Å². The molecule has 0 saturated heterocycles. The molecule has 0 bridgehead atoms. The van der Waals surface area contributed by atoms with Crippen LogP contribution in [-0.4, -0.2) is 21.0 Å². The van der Waals surface area contributed by atoms with E-state index in [-0.39, 0.29) is 12.5 Å². The number of carbonyl (C=O) groups is 1. The van der Waals surface area contributed by atoms with Crippen molar-refractivity contribution in [2.45, 2.75) is 26.9 Å². The highest BCUT2D eigenvalue weighted by atomic mass is 16.5. The molecular formula is C20H18N4O4. The molecule has 1 N–H and O–H groups in total. The molecule has 0 spiro atoms. The predicted octanol–water partition coefficient (Wildman–Crippen LogP) is 3.91. The summed E-state index contributed by atoms with van der Waals surface area (Å²) in [6.45, 7) is 3.89.